The maximum Gasteiger partial charge on any atom is 0.261 e. The van der Waals surface area contributed by atoms with Crippen LogP contribution in [0.3, 0.4) is 0 Å². The predicted molar refractivity (Wildman–Crippen MR) is 106 cm³/mol. The molecule has 1 saturated heterocycles. The Balaban J connectivity index is 1.65. The first kappa shape index (κ1) is 18.1. The first-order valence-corrected chi connectivity index (χ1v) is 10.5. The SMILES string of the molecule is O=C1CC2CNCCN2c2ccc(NS(=O)(=O)c3cccc(Cl)c3)cc2N1. The van der Waals surface area contributed by atoms with E-state index < -0.39 is 10.0 Å². The van der Waals surface area contributed by atoms with Crippen LogP contribution in [-0.2, 0) is 14.8 Å². The number of nitrogens with one attached hydrogen (secondary N) is 3. The maximum absolute atomic E-state index is 12.6. The van der Waals surface area contributed by atoms with Crippen LogP contribution < -0.4 is 20.3 Å². The molecule has 2 aromatic rings. The minimum atomic E-state index is -3.78. The van der Waals surface area contributed by atoms with Crippen LogP contribution in [0.15, 0.2) is 47.4 Å². The van der Waals surface area contributed by atoms with Crippen molar-refractivity contribution in [3.63, 3.8) is 0 Å². The molecule has 4 rings (SSSR count). The number of halogens is 1. The van der Waals surface area contributed by atoms with Crippen molar-refractivity contribution in [2.45, 2.75) is 17.4 Å². The molecule has 0 aliphatic carbocycles. The fourth-order valence-electron chi connectivity index (χ4n) is 3.47. The standard InChI is InChI=1S/C18H19ClN4O3S/c19-12-2-1-3-15(8-12)27(25,26)22-13-4-5-17-16(9-13)21-18(24)10-14-11-20-6-7-23(14)17/h1-5,8-9,14,20,22H,6-7,10-11H2,(H,21,24). The molecule has 142 valence electrons. The Morgan fingerprint density at radius 1 is 1.19 bits per heavy atom. The van der Waals surface area contributed by atoms with Crippen molar-refractivity contribution in [3.8, 4) is 0 Å². The second-order valence-electron chi connectivity index (χ2n) is 6.60. The molecule has 2 aliphatic rings. The number of hydrogen-bond acceptors (Lipinski definition) is 5. The second kappa shape index (κ2) is 7.03. The predicted octanol–water partition coefficient (Wildman–Crippen LogP) is 2.26. The summed E-state index contributed by atoms with van der Waals surface area (Å²) in [5, 5.41) is 6.54. The van der Waals surface area contributed by atoms with Crippen molar-refractivity contribution >= 4 is 44.6 Å². The van der Waals surface area contributed by atoms with Crippen molar-refractivity contribution in [1.29, 1.82) is 0 Å². The van der Waals surface area contributed by atoms with E-state index in [4.69, 9.17) is 11.6 Å². The summed E-state index contributed by atoms with van der Waals surface area (Å²) in [4.78, 5) is 14.5. The highest BCUT2D eigenvalue weighted by Crippen LogP contribution is 2.34. The zero-order valence-corrected chi connectivity index (χ0v) is 16.0. The van der Waals surface area contributed by atoms with Gasteiger partial charge in [-0.1, -0.05) is 17.7 Å². The molecule has 0 aromatic heterocycles. The molecule has 1 unspecified atom stereocenters. The largest absolute Gasteiger partial charge is 0.364 e. The van der Waals surface area contributed by atoms with Gasteiger partial charge in [-0.05, 0) is 36.4 Å². The highest BCUT2D eigenvalue weighted by atomic mass is 35.5. The van der Waals surface area contributed by atoms with Gasteiger partial charge in [0.1, 0.15) is 0 Å². The van der Waals surface area contributed by atoms with E-state index in [1.807, 2.05) is 6.07 Å². The average molecular weight is 407 g/mol. The molecule has 3 N–H and O–H groups in total. The van der Waals surface area contributed by atoms with Crippen LogP contribution in [0.1, 0.15) is 6.42 Å². The second-order valence-corrected chi connectivity index (χ2v) is 8.72. The Hall–Kier alpha value is -2.29. The van der Waals surface area contributed by atoms with Crippen LogP contribution in [0.4, 0.5) is 17.1 Å². The van der Waals surface area contributed by atoms with Gasteiger partial charge in [0.15, 0.2) is 0 Å². The smallest absolute Gasteiger partial charge is 0.261 e. The molecule has 0 saturated carbocycles. The van der Waals surface area contributed by atoms with E-state index in [1.54, 1.807) is 24.3 Å². The average Bonchev–Trinajstić information content (AvgIpc) is 2.76. The number of piperazine rings is 1. The van der Waals surface area contributed by atoms with Crippen LogP contribution in [0.2, 0.25) is 5.02 Å². The highest BCUT2D eigenvalue weighted by Gasteiger charge is 2.30. The van der Waals surface area contributed by atoms with Gasteiger partial charge in [-0.15, -0.1) is 0 Å². The van der Waals surface area contributed by atoms with Crippen molar-refractivity contribution in [3.05, 3.63) is 47.5 Å². The van der Waals surface area contributed by atoms with Gasteiger partial charge in [-0.2, -0.15) is 0 Å². The summed E-state index contributed by atoms with van der Waals surface area (Å²) in [5.41, 5.74) is 1.89. The summed E-state index contributed by atoms with van der Waals surface area (Å²) in [6.07, 6.45) is 0.394. The number of benzene rings is 2. The molecule has 1 fully saturated rings. The molecule has 1 amide bonds. The molecule has 0 spiro atoms. The summed E-state index contributed by atoms with van der Waals surface area (Å²) < 4.78 is 27.8. The maximum atomic E-state index is 12.6. The third-order valence-corrected chi connectivity index (χ3v) is 6.32. The molecule has 0 radical (unpaired) electrons. The van der Waals surface area contributed by atoms with Gasteiger partial charge in [-0.3, -0.25) is 9.52 Å². The van der Waals surface area contributed by atoms with Gasteiger partial charge in [-0.25, -0.2) is 8.42 Å². The first-order chi connectivity index (χ1) is 12.9. The van der Waals surface area contributed by atoms with E-state index in [2.05, 4.69) is 20.3 Å². The minimum absolute atomic E-state index is 0.0798. The van der Waals surface area contributed by atoms with E-state index >= 15 is 0 Å². The number of amides is 1. The van der Waals surface area contributed by atoms with Gasteiger partial charge in [0, 0.05) is 31.1 Å². The van der Waals surface area contributed by atoms with Gasteiger partial charge >= 0.3 is 0 Å². The van der Waals surface area contributed by atoms with Gasteiger partial charge in [0.25, 0.3) is 10.0 Å². The Kier molecular flexibility index (Phi) is 4.71. The summed E-state index contributed by atoms with van der Waals surface area (Å²) in [6.45, 7) is 2.38. The molecular formula is C18H19ClN4O3S. The Morgan fingerprint density at radius 2 is 2.04 bits per heavy atom. The minimum Gasteiger partial charge on any atom is -0.364 e. The molecular weight excluding hydrogens is 388 g/mol. The van der Waals surface area contributed by atoms with Crippen molar-refractivity contribution < 1.29 is 13.2 Å². The van der Waals surface area contributed by atoms with Crippen LogP contribution in [0.25, 0.3) is 0 Å². The number of carbonyl (C=O) groups is 1. The Morgan fingerprint density at radius 3 is 2.85 bits per heavy atom. The summed E-state index contributed by atoms with van der Waals surface area (Å²) >= 11 is 5.90. The molecule has 2 aliphatic heterocycles. The summed E-state index contributed by atoms with van der Waals surface area (Å²) in [7, 11) is -3.78. The number of anilines is 3. The number of sulfonamides is 1. The molecule has 1 atom stereocenters. The lowest BCUT2D eigenvalue weighted by Crippen LogP contribution is -2.51. The zero-order valence-electron chi connectivity index (χ0n) is 14.4. The summed E-state index contributed by atoms with van der Waals surface area (Å²) in [5.74, 6) is -0.0812. The monoisotopic (exact) mass is 406 g/mol. The van der Waals surface area contributed by atoms with E-state index in [1.165, 1.54) is 12.1 Å². The molecule has 9 heteroatoms. The third kappa shape index (κ3) is 3.73. The topological polar surface area (TPSA) is 90.5 Å². The van der Waals surface area contributed by atoms with Crippen LogP contribution >= 0.6 is 11.6 Å². The van der Waals surface area contributed by atoms with E-state index in [0.717, 1.165) is 25.3 Å². The van der Waals surface area contributed by atoms with Crippen molar-refractivity contribution in [2.24, 2.45) is 0 Å². The Labute approximate surface area is 162 Å². The zero-order chi connectivity index (χ0) is 19.0. The van der Waals surface area contributed by atoms with Crippen LogP contribution in [0.5, 0.6) is 0 Å². The third-order valence-electron chi connectivity index (χ3n) is 4.71. The lowest BCUT2D eigenvalue weighted by atomic mass is 10.1. The number of rotatable bonds is 3. The van der Waals surface area contributed by atoms with E-state index in [-0.39, 0.29) is 16.8 Å². The lowest BCUT2D eigenvalue weighted by molar-refractivity contribution is -0.116. The molecule has 27 heavy (non-hydrogen) atoms. The Bertz CT molecular complexity index is 996. The number of hydrogen-bond donors (Lipinski definition) is 3. The molecule has 7 nitrogen and oxygen atoms in total. The molecule has 0 bridgehead atoms. The van der Waals surface area contributed by atoms with Crippen LogP contribution in [-0.4, -0.2) is 40.0 Å². The fraction of sp³-hybridized carbons (Fsp3) is 0.278. The number of nitrogens with zero attached hydrogens (tertiary/aromatic N) is 1. The normalized spacial score (nSPS) is 19.5. The number of fused-ring (bicyclic) bond motifs is 3. The van der Waals surface area contributed by atoms with Gasteiger partial charge < -0.3 is 15.5 Å². The van der Waals surface area contributed by atoms with Gasteiger partial charge in [0.2, 0.25) is 5.91 Å². The summed E-state index contributed by atoms with van der Waals surface area (Å²) in [6, 6.07) is 11.4. The van der Waals surface area contributed by atoms with Crippen molar-refractivity contribution in [2.75, 3.05) is 34.6 Å². The quantitative estimate of drug-likeness (QED) is 0.727. The van der Waals surface area contributed by atoms with Crippen LogP contribution in [0, 0.1) is 0 Å². The molecule has 2 aromatic carbocycles. The first-order valence-electron chi connectivity index (χ1n) is 8.62. The highest BCUT2D eigenvalue weighted by molar-refractivity contribution is 7.92. The van der Waals surface area contributed by atoms with Gasteiger partial charge in [0.05, 0.1) is 28.0 Å². The van der Waals surface area contributed by atoms with Crippen molar-refractivity contribution in [1.82, 2.24) is 5.32 Å². The fourth-order valence-corrected chi connectivity index (χ4v) is 4.82. The van der Waals surface area contributed by atoms with E-state index in [9.17, 15) is 13.2 Å². The molecule has 2 heterocycles. The lowest BCUT2D eigenvalue weighted by Gasteiger charge is -2.36. The number of carbonyl (C=O) groups excluding carboxylic acids is 1. The van der Waals surface area contributed by atoms with E-state index in [0.29, 0.717) is 22.8 Å².